The maximum Gasteiger partial charge on any atom is 0.239 e. The highest BCUT2D eigenvalue weighted by Crippen LogP contribution is 2.29. The number of hydrogen-bond acceptors (Lipinski definition) is 5. The summed E-state index contributed by atoms with van der Waals surface area (Å²) in [7, 11) is 1.58. The van der Waals surface area contributed by atoms with Crippen LogP contribution in [0, 0.1) is 0 Å². The second-order valence-electron chi connectivity index (χ2n) is 3.94. The van der Waals surface area contributed by atoms with E-state index in [1.165, 1.54) is 6.07 Å². The molecule has 0 aromatic heterocycles. The number of ether oxygens (including phenoxy) is 2. The summed E-state index contributed by atoms with van der Waals surface area (Å²) in [5.74, 6) is -0.130. The average Bonchev–Trinajstić information content (AvgIpc) is 2.37. The monoisotopic (exact) mass is 268 g/mol. The van der Waals surface area contributed by atoms with Gasteiger partial charge in [-0.05, 0) is 24.6 Å². The highest BCUT2D eigenvalue weighted by Gasteiger charge is 2.18. The molecule has 6 heteroatoms. The van der Waals surface area contributed by atoms with Crippen molar-refractivity contribution in [3.05, 3.63) is 23.8 Å². The minimum Gasteiger partial charge on any atom is -0.504 e. The maximum absolute atomic E-state index is 11.5. The van der Waals surface area contributed by atoms with Crippen molar-refractivity contribution in [1.82, 2.24) is 5.32 Å². The zero-order valence-electron chi connectivity index (χ0n) is 11.2. The second-order valence-corrected chi connectivity index (χ2v) is 3.94. The van der Waals surface area contributed by atoms with Crippen LogP contribution in [0.25, 0.3) is 0 Å². The summed E-state index contributed by atoms with van der Waals surface area (Å²) in [6.45, 7) is 3.21. The molecule has 1 amide bonds. The lowest BCUT2D eigenvalue weighted by Gasteiger charge is -2.17. The van der Waals surface area contributed by atoms with E-state index in [9.17, 15) is 9.90 Å². The van der Waals surface area contributed by atoms with Crippen molar-refractivity contribution in [1.29, 1.82) is 0 Å². The lowest BCUT2D eigenvalue weighted by molar-refractivity contribution is -0.120. The molecule has 1 aromatic carbocycles. The number of carbonyl (C=O) groups excluding carboxylic acids is 1. The predicted octanol–water partition coefficient (Wildman–Crippen LogP) is 0.553. The van der Waals surface area contributed by atoms with Gasteiger partial charge in [0.25, 0.3) is 0 Å². The largest absolute Gasteiger partial charge is 0.504 e. The Morgan fingerprint density at radius 1 is 1.53 bits per heavy atom. The molecule has 0 bridgehead atoms. The van der Waals surface area contributed by atoms with Crippen LogP contribution < -0.4 is 15.8 Å². The van der Waals surface area contributed by atoms with Crippen molar-refractivity contribution in [3.63, 3.8) is 0 Å². The van der Waals surface area contributed by atoms with Gasteiger partial charge in [0.1, 0.15) is 6.04 Å². The summed E-state index contributed by atoms with van der Waals surface area (Å²) in [6, 6.07) is 4.07. The maximum atomic E-state index is 11.5. The Balaban J connectivity index is 2.89. The van der Waals surface area contributed by atoms with E-state index >= 15 is 0 Å². The van der Waals surface area contributed by atoms with Gasteiger partial charge in [-0.1, -0.05) is 6.07 Å². The fraction of sp³-hybridized carbons (Fsp3) is 0.462. The Morgan fingerprint density at radius 3 is 2.84 bits per heavy atom. The molecule has 0 aliphatic heterocycles. The quantitative estimate of drug-likeness (QED) is 0.599. The summed E-state index contributed by atoms with van der Waals surface area (Å²) in [5, 5.41) is 12.6. The number of benzene rings is 1. The molecule has 19 heavy (non-hydrogen) atoms. The molecule has 1 rings (SSSR count). The lowest BCUT2D eigenvalue weighted by atomic mass is 10.1. The number of aromatic hydroxyl groups is 1. The van der Waals surface area contributed by atoms with Gasteiger partial charge < -0.3 is 20.3 Å². The third kappa shape index (κ3) is 4.42. The van der Waals surface area contributed by atoms with Crippen molar-refractivity contribution in [2.24, 2.45) is 5.73 Å². The Bertz CT molecular complexity index is 423. The van der Waals surface area contributed by atoms with Crippen LogP contribution in [0.1, 0.15) is 18.5 Å². The van der Waals surface area contributed by atoms with E-state index in [2.05, 4.69) is 5.32 Å². The zero-order chi connectivity index (χ0) is 14.3. The molecular formula is C13H20N2O4. The van der Waals surface area contributed by atoms with Crippen LogP contribution in [0.3, 0.4) is 0 Å². The smallest absolute Gasteiger partial charge is 0.239 e. The van der Waals surface area contributed by atoms with Crippen molar-refractivity contribution in [2.75, 3.05) is 26.9 Å². The van der Waals surface area contributed by atoms with Crippen LogP contribution in [-0.4, -0.2) is 37.9 Å². The molecule has 1 atom stereocenters. The first kappa shape index (κ1) is 15.3. The number of primary amides is 1. The number of methoxy groups -OCH3 is 1. The van der Waals surface area contributed by atoms with Crippen molar-refractivity contribution < 1.29 is 19.4 Å². The summed E-state index contributed by atoms with van der Waals surface area (Å²) in [4.78, 5) is 11.5. The van der Waals surface area contributed by atoms with E-state index in [0.29, 0.717) is 31.1 Å². The van der Waals surface area contributed by atoms with Crippen molar-refractivity contribution in [2.45, 2.75) is 13.0 Å². The van der Waals surface area contributed by atoms with Crippen LogP contribution in [0.15, 0.2) is 18.2 Å². The second kappa shape index (κ2) is 7.60. The summed E-state index contributed by atoms with van der Waals surface area (Å²) < 4.78 is 10.2. The molecule has 0 aliphatic carbocycles. The Kier molecular flexibility index (Phi) is 6.11. The first-order chi connectivity index (χ1) is 9.10. The van der Waals surface area contributed by atoms with E-state index in [1.54, 1.807) is 19.2 Å². The van der Waals surface area contributed by atoms with E-state index < -0.39 is 11.9 Å². The predicted molar refractivity (Wildman–Crippen MR) is 71.1 cm³/mol. The number of phenols is 1. The first-order valence-corrected chi connectivity index (χ1v) is 6.07. The highest BCUT2D eigenvalue weighted by atomic mass is 16.5. The van der Waals surface area contributed by atoms with Gasteiger partial charge >= 0.3 is 0 Å². The highest BCUT2D eigenvalue weighted by molar-refractivity contribution is 5.81. The molecule has 0 saturated carbocycles. The number of carbonyl (C=O) groups is 1. The molecule has 0 aliphatic rings. The molecule has 0 heterocycles. The number of amides is 1. The van der Waals surface area contributed by atoms with Gasteiger partial charge in [-0.15, -0.1) is 0 Å². The third-order valence-corrected chi connectivity index (χ3v) is 2.56. The van der Waals surface area contributed by atoms with Crippen LogP contribution in [-0.2, 0) is 9.53 Å². The Labute approximate surface area is 112 Å². The molecule has 4 N–H and O–H groups in total. The topological polar surface area (TPSA) is 93.8 Å². The van der Waals surface area contributed by atoms with Gasteiger partial charge in [-0.2, -0.15) is 0 Å². The standard InChI is InChI=1S/C13H20N2O4/c1-3-19-11-8-9(4-5-10(11)16)12(13(14)17)15-6-7-18-2/h4-5,8,12,15-16H,3,6-7H2,1-2H3,(H2,14,17). The van der Waals surface area contributed by atoms with Gasteiger partial charge in [-0.3, -0.25) is 10.1 Å². The number of phenolic OH excluding ortho intramolecular Hbond substituents is 1. The summed E-state index contributed by atoms with van der Waals surface area (Å²) in [6.07, 6.45) is 0. The van der Waals surface area contributed by atoms with Gasteiger partial charge in [0, 0.05) is 13.7 Å². The number of hydrogen-bond donors (Lipinski definition) is 3. The van der Waals surface area contributed by atoms with Gasteiger partial charge in [0.2, 0.25) is 5.91 Å². The molecule has 1 unspecified atom stereocenters. The summed E-state index contributed by atoms with van der Waals surface area (Å²) >= 11 is 0. The SMILES string of the molecule is CCOc1cc(C(NCCOC)C(N)=O)ccc1O. The van der Waals surface area contributed by atoms with Crippen LogP contribution in [0.2, 0.25) is 0 Å². The van der Waals surface area contributed by atoms with Crippen molar-refractivity contribution >= 4 is 5.91 Å². The fourth-order valence-corrected chi connectivity index (χ4v) is 1.67. The van der Waals surface area contributed by atoms with Crippen molar-refractivity contribution in [3.8, 4) is 11.5 Å². The number of nitrogens with one attached hydrogen (secondary N) is 1. The van der Waals surface area contributed by atoms with Crippen LogP contribution in [0.5, 0.6) is 11.5 Å². The summed E-state index contributed by atoms with van der Waals surface area (Å²) in [5.41, 5.74) is 6.01. The normalized spacial score (nSPS) is 12.1. The van der Waals surface area contributed by atoms with E-state index in [1.807, 2.05) is 6.92 Å². The van der Waals surface area contributed by atoms with Crippen LogP contribution in [0.4, 0.5) is 0 Å². The van der Waals surface area contributed by atoms with E-state index in [0.717, 1.165) is 0 Å². The average molecular weight is 268 g/mol. The molecule has 1 aromatic rings. The van der Waals surface area contributed by atoms with Gasteiger partial charge in [0.15, 0.2) is 11.5 Å². The van der Waals surface area contributed by atoms with Gasteiger partial charge in [-0.25, -0.2) is 0 Å². The minimum absolute atomic E-state index is 0.0331. The van der Waals surface area contributed by atoms with E-state index in [-0.39, 0.29) is 5.75 Å². The lowest BCUT2D eigenvalue weighted by Crippen LogP contribution is -2.35. The molecule has 0 spiro atoms. The number of nitrogens with two attached hydrogens (primary N) is 1. The molecular weight excluding hydrogens is 248 g/mol. The Hall–Kier alpha value is -1.79. The fourth-order valence-electron chi connectivity index (χ4n) is 1.67. The molecule has 106 valence electrons. The number of rotatable bonds is 8. The minimum atomic E-state index is -0.644. The van der Waals surface area contributed by atoms with E-state index in [4.69, 9.17) is 15.2 Å². The molecule has 0 radical (unpaired) electrons. The van der Waals surface area contributed by atoms with Gasteiger partial charge in [0.05, 0.1) is 13.2 Å². The van der Waals surface area contributed by atoms with Crippen LogP contribution >= 0.6 is 0 Å². The zero-order valence-corrected chi connectivity index (χ0v) is 11.2. The molecule has 6 nitrogen and oxygen atoms in total. The Morgan fingerprint density at radius 2 is 2.26 bits per heavy atom. The third-order valence-electron chi connectivity index (χ3n) is 2.56. The molecule has 0 saturated heterocycles. The first-order valence-electron chi connectivity index (χ1n) is 6.07. The molecule has 0 fully saturated rings.